The molecule has 0 heterocycles. The minimum atomic E-state index is 0.273. The second-order valence-electron chi connectivity index (χ2n) is 5.30. The van der Waals surface area contributed by atoms with E-state index in [9.17, 15) is 0 Å². The molecule has 3 nitrogen and oxygen atoms in total. The lowest BCUT2D eigenvalue weighted by Gasteiger charge is -2.29. The van der Waals surface area contributed by atoms with Crippen molar-refractivity contribution >= 4 is 15.9 Å². The minimum Gasteiger partial charge on any atom is -0.490 e. The third-order valence-electron chi connectivity index (χ3n) is 3.79. The Hall–Kier alpha value is -0.580. The van der Waals surface area contributed by atoms with Gasteiger partial charge in [-0.05, 0) is 44.0 Å². The quantitative estimate of drug-likeness (QED) is 0.851. The highest BCUT2D eigenvalue weighted by Gasteiger charge is 2.23. The smallest absolute Gasteiger partial charge is 0.124 e. The minimum absolute atomic E-state index is 0.273. The topological polar surface area (TPSA) is 30.5 Å². The Labute approximate surface area is 130 Å². The number of nitrogens with one attached hydrogen (secondary N) is 1. The molecule has 1 saturated carbocycles. The number of benzene rings is 1. The molecule has 0 aliphatic heterocycles. The van der Waals surface area contributed by atoms with Crippen LogP contribution in [-0.2, 0) is 11.3 Å². The molecule has 1 aliphatic carbocycles. The summed E-state index contributed by atoms with van der Waals surface area (Å²) in [6.07, 6.45) is 5.07. The zero-order chi connectivity index (χ0) is 14.4. The van der Waals surface area contributed by atoms with Crippen molar-refractivity contribution in [1.82, 2.24) is 5.32 Å². The van der Waals surface area contributed by atoms with E-state index in [1.165, 1.54) is 12.0 Å². The third-order valence-corrected chi connectivity index (χ3v) is 4.29. The molecular formula is C16H24BrNO2. The molecule has 0 amide bonds. The van der Waals surface area contributed by atoms with Crippen molar-refractivity contribution in [3.63, 3.8) is 0 Å². The van der Waals surface area contributed by atoms with Gasteiger partial charge in [0.1, 0.15) is 11.9 Å². The van der Waals surface area contributed by atoms with Gasteiger partial charge in [0.25, 0.3) is 0 Å². The molecule has 2 rings (SSSR count). The van der Waals surface area contributed by atoms with Crippen LogP contribution in [0.2, 0.25) is 0 Å². The summed E-state index contributed by atoms with van der Waals surface area (Å²) in [7, 11) is 1.79. The van der Waals surface area contributed by atoms with Crippen LogP contribution in [-0.4, -0.2) is 25.9 Å². The van der Waals surface area contributed by atoms with Crippen LogP contribution in [0.4, 0.5) is 0 Å². The number of hydrogen-bond acceptors (Lipinski definition) is 3. The van der Waals surface area contributed by atoms with E-state index in [4.69, 9.17) is 9.47 Å². The SMILES string of the molecule is CCNCc1cc(Br)ccc1OC1CCCC(OC)C1. The Bertz CT molecular complexity index is 425. The van der Waals surface area contributed by atoms with Crippen LogP contribution < -0.4 is 10.1 Å². The highest BCUT2D eigenvalue weighted by Crippen LogP contribution is 2.29. The van der Waals surface area contributed by atoms with Gasteiger partial charge in [-0.1, -0.05) is 22.9 Å². The molecule has 2 unspecified atom stereocenters. The molecule has 4 heteroatoms. The van der Waals surface area contributed by atoms with Crippen LogP contribution in [0.25, 0.3) is 0 Å². The van der Waals surface area contributed by atoms with Crippen LogP contribution >= 0.6 is 15.9 Å². The van der Waals surface area contributed by atoms with Gasteiger partial charge in [-0.3, -0.25) is 0 Å². The molecule has 1 aromatic carbocycles. The molecule has 0 spiro atoms. The maximum atomic E-state index is 6.23. The van der Waals surface area contributed by atoms with Crippen molar-refractivity contribution in [2.45, 2.75) is 51.4 Å². The molecule has 2 atom stereocenters. The predicted octanol–water partition coefficient (Wildman–Crippen LogP) is 3.90. The van der Waals surface area contributed by atoms with Crippen LogP contribution in [0.5, 0.6) is 5.75 Å². The number of methoxy groups -OCH3 is 1. The van der Waals surface area contributed by atoms with E-state index in [1.54, 1.807) is 7.11 Å². The maximum Gasteiger partial charge on any atom is 0.124 e. The third kappa shape index (κ3) is 4.47. The second-order valence-corrected chi connectivity index (χ2v) is 6.21. The first kappa shape index (κ1) is 15.8. The molecular weight excluding hydrogens is 318 g/mol. The molecule has 112 valence electrons. The van der Waals surface area contributed by atoms with Crippen molar-refractivity contribution in [3.8, 4) is 5.75 Å². The van der Waals surface area contributed by atoms with E-state index in [2.05, 4.69) is 40.3 Å². The molecule has 1 aliphatic rings. The highest BCUT2D eigenvalue weighted by atomic mass is 79.9. The Morgan fingerprint density at radius 2 is 2.10 bits per heavy atom. The fourth-order valence-corrected chi connectivity index (χ4v) is 3.07. The fraction of sp³-hybridized carbons (Fsp3) is 0.625. The lowest BCUT2D eigenvalue weighted by molar-refractivity contribution is 0.0206. The van der Waals surface area contributed by atoms with Crippen molar-refractivity contribution < 1.29 is 9.47 Å². The second kappa shape index (κ2) is 8.01. The molecule has 0 aromatic heterocycles. The van der Waals surface area contributed by atoms with Crippen LogP contribution in [0.1, 0.15) is 38.2 Å². The van der Waals surface area contributed by atoms with E-state index in [0.717, 1.165) is 42.6 Å². The molecule has 0 bridgehead atoms. The van der Waals surface area contributed by atoms with Gasteiger partial charge in [0, 0.05) is 30.1 Å². The van der Waals surface area contributed by atoms with Gasteiger partial charge in [0.05, 0.1) is 6.10 Å². The van der Waals surface area contributed by atoms with E-state index < -0.39 is 0 Å². The summed E-state index contributed by atoms with van der Waals surface area (Å²) in [6.45, 7) is 3.91. The summed E-state index contributed by atoms with van der Waals surface area (Å²) < 4.78 is 12.8. The molecule has 20 heavy (non-hydrogen) atoms. The average Bonchev–Trinajstić information content (AvgIpc) is 2.47. The molecule has 1 N–H and O–H groups in total. The van der Waals surface area contributed by atoms with Gasteiger partial charge in [0.15, 0.2) is 0 Å². The summed E-state index contributed by atoms with van der Waals surface area (Å²) in [5.41, 5.74) is 1.21. The number of ether oxygens (including phenoxy) is 2. The standard InChI is InChI=1S/C16H24BrNO2/c1-3-18-11-12-9-13(17)7-8-16(12)20-15-6-4-5-14(10-15)19-2/h7-9,14-15,18H,3-6,10-11H2,1-2H3. The van der Waals surface area contributed by atoms with Gasteiger partial charge in [0.2, 0.25) is 0 Å². The largest absolute Gasteiger partial charge is 0.490 e. The van der Waals surface area contributed by atoms with Gasteiger partial charge < -0.3 is 14.8 Å². The Morgan fingerprint density at radius 1 is 1.30 bits per heavy atom. The molecule has 0 radical (unpaired) electrons. The zero-order valence-corrected chi connectivity index (χ0v) is 13.9. The van der Waals surface area contributed by atoms with Crippen molar-refractivity contribution in [1.29, 1.82) is 0 Å². The van der Waals surface area contributed by atoms with Gasteiger partial charge in [-0.15, -0.1) is 0 Å². The Morgan fingerprint density at radius 3 is 2.85 bits per heavy atom. The maximum absolute atomic E-state index is 6.23. The summed E-state index contributed by atoms with van der Waals surface area (Å²) in [5, 5.41) is 3.36. The fourth-order valence-electron chi connectivity index (χ4n) is 2.66. The lowest BCUT2D eigenvalue weighted by Crippen LogP contribution is -2.30. The first-order valence-electron chi connectivity index (χ1n) is 7.41. The number of rotatable bonds is 6. The van der Waals surface area contributed by atoms with Crippen molar-refractivity contribution in [2.24, 2.45) is 0 Å². The normalized spacial score (nSPS) is 22.8. The summed E-state index contributed by atoms with van der Waals surface area (Å²) in [6, 6.07) is 6.24. The van der Waals surface area contributed by atoms with Crippen LogP contribution in [0.15, 0.2) is 22.7 Å². The first-order valence-corrected chi connectivity index (χ1v) is 8.20. The van der Waals surface area contributed by atoms with E-state index >= 15 is 0 Å². The summed E-state index contributed by atoms with van der Waals surface area (Å²) in [4.78, 5) is 0. The highest BCUT2D eigenvalue weighted by molar-refractivity contribution is 9.10. The Kier molecular flexibility index (Phi) is 6.33. The van der Waals surface area contributed by atoms with Gasteiger partial charge >= 0.3 is 0 Å². The van der Waals surface area contributed by atoms with E-state index in [0.29, 0.717) is 6.10 Å². The van der Waals surface area contributed by atoms with Crippen LogP contribution in [0.3, 0.4) is 0 Å². The summed E-state index contributed by atoms with van der Waals surface area (Å²) in [5.74, 6) is 0.996. The van der Waals surface area contributed by atoms with Gasteiger partial charge in [-0.2, -0.15) is 0 Å². The number of halogens is 1. The molecule has 0 saturated heterocycles. The number of hydrogen-bond donors (Lipinski definition) is 1. The summed E-state index contributed by atoms with van der Waals surface area (Å²) >= 11 is 3.53. The van der Waals surface area contributed by atoms with Crippen molar-refractivity contribution in [3.05, 3.63) is 28.2 Å². The molecule has 1 fully saturated rings. The van der Waals surface area contributed by atoms with E-state index in [-0.39, 0.29) is 6.10 Å². The van der Waals surface area contributed by atoms with Crippen molar-refractivity contribution in [2.75, 3.05) is 13.7 Å². The molecule has 1 aromatic rings. The van der Waals surface area contributed by atoms with E-state index in [1.807, 2.05) is 6.07 Å². The Balaban J connectivity index is 2.03. The van der Waals surface area contributed by atoms with Gasteiger partial charge in [-0.25, -0.2) is 0 Å². The first-order chi connectivity index (χ1) is 9.72. The lowest BCUT2D eigenvalue weighted by atomic mass is 9.95. The monoisotopic (exact) mass is 341 g/mol. The predicted molar refractivity (Wildman–Crippen MR) is 85.2 cm³/mol. The zero-order valence-electron chi connectivity index (χ0n) is 12.3. The average molecular weight is 342 g/mol. The van der Waals surface area contributed by atoms with Crippen LogP contribution in [0, 0.1) is 0 Å².